The number of amides is 1. The van der Waals surface area contributed by atoms with Crippen molar-refractivity contribution in [1.82, 2.24) is 18.9 Å². The van der Waals surface area contributed by atoms with Crippen LogP contribution in [-0.4, -0.2) is 30.1 Å². The molecule has 2 aromatic heterocycles. The van der Waals surface area contributed by atoms with Crippen molar-refractivity contribution in [3.05, 3.63) is 80.0 Å². The minimum atomic E-state index is -0.632. The molecule has 0 aliphatic heterocycles. The molecule has 10 heteroatoms. The van der Waals surface area contributed by atoms with Crippen LogP contribution in [0.1, 0.15) is 32.5 Å². The molecule has 1 amide bonds. The van der Waals surface area contributed by atoms with Crippen molar-refractivity contribution in [3.8, 4) is 5.69 Å². The second kappa shape index (κ2) is 9.75. The first kappa shape index (κ1) is 24.8. The molecule has 35 heavy (non-hydrogen) atoms. The molecule has 182 valence electrons. The summed E-state index contributed by atoms with van der Waals surface area (Å²) < 4.78 is 4.78. The van der Waals surface area contributed by atoms with Crippen LogP contribution in [0.5, 0.6) is 0 Å². The quantitative estimate of drug-likeness (QED) is 0.303. The van der Waals surface area contributed by atoms with Gasteiger partial charge in [-0.25, -0.2) is 9.67 Å². The highest BCUT2D eigenvalue weighted by Gasteiger charge is 2.24. The van der Waals surface area contributed by atoms with Crippen molar-refractivity contribution in [3.63, 3.8) is 0 Å². The van der Waals surface area contributed by atoms with E-state index in [0.717, 1.165) is 11.8 Å². The Labute approximate surface area is 211 Å². The van der Waals surface area contributed by atoms with Crippen molar-refractivity contribution in [1.29, 1.82) is 0 Å². The molecule has 8 nitrogen and oxygen atoms in total. The summed E-state index contributed by atoms with van der Waals surface area (Å²) in [5.41, 5.74) is 1.50. The van der Waals surface area contributed by atoms with Crippen LogP contribution < -0.4 is 16.4 Å². The molecule has 0 aliphatic carbocycles. The van der Waals surface area contributed by atoms with Crippen LogP contribution in [0, 0.1) is 6.92 Å². The lowest BCUT2D eigenvalue weighted by atomic mass is 10.2. The van der Waals surface area contributed by atoms with E-state index < -0.39 is 5.25 Å². The Hall–Kier alpha value is -3.30. The van der Waals surface area contributed by atoms with E-state index in [1.807, 2.05) is 44.2 Å². The Morgan fingerprint density at radius 3 is 2.40 bits per heavy atom. The van der Waals surface area contributed by atoms with E-state index >= 15 is 0 Å². The van der Waals surface area contributed by atoms with Crippen LogP contribution in [0.3, 0.4) is 0 Å². The molecule has 0 radical (unpaired) electrons. The first-order chi connectivity index (χ1) is 16.6. The predicted molar refractivity (Wildman–Crippen MR) is 141 cm³/mol. The molecule has 0 bridgehead atoms. The number of rotatable bonds is 6. The minimum absolute atomic E-state index is 0.165. The number of hydrogen-bond donors (Lipinski definition) is 1. The number of carbonyl (C=O) groups is 1. The van der Waals surface area contributed by atoms with E-state index in [1.54, 1.807) is 48.3 Å². The molecular weight excluding hydrogens is 486 g/mol. The lowest BCUT2D eigenvalue weighted by molar-refractivity contribution is -0.115. The number of halogens is 1. The maximum atomic E-state index is 13.1. The Kier molecular flexibility index (Phi) is 6.91. The molecule has 0 aliphatic rings. The summed E-state index contributed by atoms with van der Waals surface area (Å²) in [4.78, 5) is 44.0. The van der Waals surface area contributed by atoms with E-state index in [0.29, 0.717) is 32.5 Å². The summed E-state index contributed by atoms with van der Waals surface area (Å²) in [5, 5.41) is 3.51. The van der Waals surface area contributed by atoms with E-state index in [9.17, 15) is 14.4 Å². The normalized spacial score (nSPS) is 12.3. The zero-order valence-electron chi connectivity index (χ0n) is 20.1. The summed E-state index contributed by atoms with van der Waals surface area (Å²) in [6, 6.07) is 14.0. The molecule has 0 saturated carbocycles. The number of thioether (sulfide) groups is 1. The maximum Gasteiger partial charge on any atom is 0.295 e. The van der Waals surface area contributed by atoms with Gasteiger partial charge in [0.05, 0.1) is 27.5 Å². The summed E-state index contributed by atoms with van der Waals surface area (Å²) in [7, 11) is 1.77. The van der Waals surface area contributed by atoms with E-state index in [1.165, 1.54) is 4.68 Å². The van der Waals surface area contributed by atoms with Crippen LogP contribution in [-0.2, 0) is 11.8 Å². The fourth-order valence-corrected chi connectivity index (χ4v) is 5.05. The number of nitrogens with one attached hydrogen (secondary N) is 1. The lowest BCUT2D eigenvalue weighted by Crippen LogP contribution is -2.29. The van der Waals surface area contributed by atoms with Gasteiger partial charge in [0.2, 0.25) is 5.91 Å². The molecule has 0 spiro atoms. The third-order valence-electron chi connectivity index (χ3n) is 5.80. The highest BCUT2D eigenvalue weighted by molar-refractivity contribution is 8.00. The third-order valence-corrected chi connectivity index (χ3v) is 7.10. The number of carbonyl (C=O) groups excluding carboxylic acids is 1. The first-order valence-electron chi connectivity index (χ1n) is 11.1. The molecule has 0 saturated heterocycles. The number of para-hydroxylation sites is 1. The predicted octanol–water partition coefficient (Wildman–Crippen LogP) is 4.55. The SMILES string of the molecule is Cc1c(NC(=O)C(C)Sc2nc3cc(Cl)ccc3c(=O)n2C(C)C)c(=O)n(-c2ccccc2)n1C. The van der Waals surface area contributed by atoms with Crippen LogP contribution in [0.15, 0.2) is 63.3 Å². The largest absolute Gasteiger partial charge is 0.319 e. The molecule has 1 atom stereocenters. The van der Waals surface area contributed by atoms with Crippen molar-refractivity contribution >= 4 is 45.9 Å². The molecule has 0 fully saturated rings. The summed E-state index contributed by atoms with van der Waals surface area (Å²) in [6.07, 6.45) is 0. The molecule has 4 rings (SSSR count). The zero-order chi connectivity index (χ0) is 25.4. The summed E-state index contributed by atoms with van der Waals surface area (Å²) in [5.74, 6) is -0.364. The Bertz CT molecular complexity index is 1540. The van der Waals surface area contributed by atoms with Gasteiger partial charge >= 0.3 is 0 Å². The Morgan fingerprint density at radius 1 is 1.06 bits per heavy atom. The average Bonchev–Trinajstić information content (AvgIpc) is 3.02. The van der Waals surface area contributed by atoms with Gasteiger partial charge in [-0.15, -0.1) is 0 Å². The van der Waals surface area contributed by atoms with Crippen LogP contribution >= 0.6 is 23.4 Å². The fraction of sp³-hybridized carbons (Fsp3) is 0.280. The van der Waals surface area contributed by atoms with Crippen molar-refractivity contribution in [2.75, 3.05) is 5.32 Å². The van der Waals surface area contributed by atoms with Crippen LogP contribution in [0.4, 0.5) is 5.69 Å². The number of nitrogens with zero attached hydrogens (tertiary/aromatic N) is 4. The fourth-order valence-electron chi connectivity index (χ4n) is 3.84. The molecule has 1 N–H and O–H groups in total. The van der Waals surface area contributed by atoms with Crippen molar-refractivity contribution in [2.24, 2.45) is 7.05 Å². The van der Waals surface area contributed by atoms with Crippen molar-refractivity contribution < 1.29 is 4.79 Å². The number of anilines is 1. The second-order valence-electron chi connectivity index (χ2n) is 8.51. The first-order valence-corrected chi connectivity index (χ1v) is 12.4. The molecule has 1 unspecified atom stereocenters. The van der Waals surface area contributed by atoms with Gasteiger partial charge in [-0.1, -0.05) is 41.6 Å². The standard InChI is InChI=1S/C25H26ClN5O3S/c1-14(2)30-23(33)19-12-11-17(26)13-20(19)27-25(30)35-16(4)22(32)28-21-15(3)29(5)31(24(21)34)18-9-7-6-8-10-18/h6-14,16H,1-5H3,(H,28,32). The number of fused-ring (bicyclic) bond motifs is 1. The van der Waals surface area contributed by atoms with Gasteiger partial charge in [0.1, 0.15) is 5.69 Å². The maximum absolute atomic E-state index is 13.1. The Balaban J connectivity index is 1.66. The van der Waals surface area contributed by atoms with E-state index in [-0.39, 0.29) is 28.8 Å². The van der Waals surface area contributed by atoms with Gasteiger partial charge < -0.3 is 5.32 Å². The highest BCUT2D eigenvalue weighted by atomic mass is 35.5. The minimum Gasteiger partial charge on any atom is -0.319 e. The van der Waals surface area contributed by atoms with Gasteiger partial charge in [-0.2, -0.15) is 0 Å². The van der Waals surface area contributed by atoms with E-state index in [4.69, 9.17) is 11.6 Å². The van der Waals surface area contributed by atoms with Gasteiger partial charge in [-0.3, -0.25) is 23.6 Å². The smallest absolute Gasteiger partial charge is 0.295 e. The molecule has 4 aromatic rings. The summed E-state index contributed by atoms with van der Waals surface area (Å²) >= 11 is 7.27. The van der Waals surface area contributed by atoms with Gasteiger partial charge in [0, 0.05) is 18.1 Å². The molecule has 2 heterocycles. The molecule has 2 aromatic carbocycles. The molecular formula is C25H26ClN5O3S. The van der Waals surface area contributed by atoms with Crippen molar-refractivity contribution in [2.45, 2.75) is 44.1 Å². The number of benzene rings is 2. The average molecular weight is 512 g/mol. The summed E-state index contributed by atoms with van der Waals surface area (Å²) in [6.45, 7) is 7.27. The van der Waals surface area contributed by atoms with Gasteiger partial charge in [0.25, 0.3) is 11.1 Å². The highest BCUT2D eigenvalue weighted by Crippen LogP contribution is 2.27. The Morgan fingerprint density at radius 2 is 1.74 bits per heavy atom. The second-order valence-corrected chi connectivity index (χ2v) is 10.3. The third kappa shape index (κ3) is 4.66. The number of aromatic nitrogens is 4. The van der Waals surface area contributed by atoms with Gasteiger partial charge in [0.15, 0.2) is 5.16 Å². The van der Waals surface area contributed by atoms with Gasteiger partial charge in [-0.05, 0) is 58.0 Å². The number of hydrogen-bond acceptors (Lipinski definition) is 5. The van der Waals surface area contributed by atoms with Crippen LogP contribution in [0.2, 0.25) is 5.02 Å². The lowest BCUT2D eigenvalue weighted by Gasteiger charge is -2.18. The monoisotopic (exact) mass is 511 g/mol. The zero-order valence-corrected chi connectivity index (χ0v) is 21.6. The topological polar surface area (TPSA) is 90.9 Å². The van der Waals surface area contributed by atoms with E-state index in [2.05, 4.69) is 10.3 Å². The van der Waals surface area contributed by atoms with Crippen LogP contribution in [0.25, 0.3) is 16.6 Å².